The maximum atomic E-state index is 14.0. The number of aliphatic carboxylic acids is 1. The maximum absolute atomic E-state index is 14.0. The Kier molecular flexibility index (Phi) is 7.53. The molecule has 0 aliphatic heterocycles. The number of carbonyl (C=O) groups is 1. The molecule has 4 aromatic rings. The molecule has 0 amide bonds. The first-order chi connectivity index (χ1) is 18.0. The fourth-order valence-electron chi connectivity index (χ4n) is 3.65. The van der Waals surface area contributed by atoms with E-state index in [0.717, 1.165) is 6.07 Å². The van der Waals surface area contributed by atoms with Gasteiger partial charge in [0, 0.05) is 29.0 Å². The van der Waals surface area contributed by atoms with Crippen molar-refractivity contribution in [2.75, 3.05) is 5.73 Å². The molecule has 0 saturated heterocycles. The number of alkyl halides is 3. The second kappa shape index (κ2) is 10.8. The number of nitrogen functional groups attached to an aromatic ring is 1. The van der Waals surface area contributed by atoms with E-state index in [4.69, 9.17) is 21.3 Å². The lowest BCUT2D eigenvalue weighted by atomic mass is 10.0. The van der Waals surface area contributed by atoms with Gasteiger partial charge in [-0.2, -0.15) is 22.5 Å². The number of nitrogens with zero attached hydrogens (tertiary/aromatic N) is 3. The number of pyridine rings is 1. The number of halogens is 4. The van der Waals surface area contributed by atoms with Crippen LogP contribution in [-0.4, -0.2) is 38.2 Å². The van der Waals surface area contributed by atoms with Gasteiger partial charge < -0.3 is 21.3 Å². The Morgan fingerprint density at radius 1 is 0.947 bits per heavy atom. The number of nitrogens with two attached hydrogens (primary N) is 2. The van der Waals surface area contributed by atoms with Gasteiger partial charge in [-0.05, 0) is 29.7 Å². The minimum Gasteiger partial charge on any atom is -0.480 e. The topological polar surface area (TPSA) is 137 Å². The monoisotopic (exact) mass is 527 g/mol. The lowest BCUT2D eigenvalue weighted by Crippen LogP contribution is -2.32. The third kappa shape index (κ3) is 6.40. The Hall–Kier alpha value is -4.58. The quantitative estimate of drug-likeness (QED) is 0.224. The predicted molar refractivity (Wildman–Crippen MR) is 130 cm³/mol. The Morgan fingerprint density at radius 2 is 1.58 bits per heavy atom. The predicted octanol–water partition coefficient (Wildman–Crippen LogP) is 4.56. The van der Waals surface area contributed by atoms with E-state index in [2.05, 4.69) is 15.0 Å². The highest BCUT2D eigenvalue weighted by atomic mass is 19.4. The summed E-state index contributed by atoms with van der Waals surface area (Å²) in [6.45, 7) is 0. The van der Waals surface area contributed by atoms with Gasteiger partial charge in [0.15, 0.2) is 0 Å². The fourth-order valence-corrected chi connectivity index (χ4v) is 3.65. The molecule has 0 aliphatic rings. The van der Waals surface area contributed by atoms with Crippen LogP contribution in [0.1, 0.15) is 17.2 Å². The zero-order valence-electron chi connectivity index (χ0n) is 19.6. The summed E-state index contributed by atoms with van der Waals surface area (Å²) in [5.41, 5.74) is 13.5. The molecule has 0 fully saturated rings. The molecule has 0 bridgehead atoms. The van der Waals surface area contributed by atoms with Gasteiger partial charge in [-0.15, -0.1) is 0 Å². The molecular formula is C26H21F4N5O3. The summed E-state index contributed by atoms with van der Waals surface area (Å²) in [4.78, 5) is 22.4. The SMILES string of the molecule is Nc1nc(O[C@H](c2ccc(-c3ccc(F)nc3)cc2)C(F)(F)F)cc(-c2ccc(CC(N)C(=O)O)cc2)n1. The second-order valence-corrected chi connectivity index (χ2v) is 8.33. The molecule has 0 aliphatic carbocycles. The van der Waals surface area contributed by atoms with Crippen molar-refractivity contribution in [1.29, 1.82) is 0 Å². The zero-order valence-corrected chi connectivity index (χ0v) is 19.6. The van der Waals surface area contributed by atoms with Crippen molar-refractivity contribution < 1.29 is 32.2 Å². The molecule has 12 heteroatoms. The van der Waals surface area contributed by atoms with Crippen LogP contribution in [0.25, 0.3) is 22.4 Å². The van der Waals surface area contributed by atoms with Gasteiger partial charge in [-0.3, -0.25) is 4.79 Å². The molecule has 4 rings (SSSR count). The number of rotatable bonds is 8. The van der Waals surface area contributed by atoms with Crippen molar-refractivity contribution in [2.45, 2.75) is 24.7 Å². The number of carboxylic acid groups (broad SMARTS) is 1. The van der Waals surface area contributed by atoms with Crippen LogP contribution in [-0.2, 0) is 11.2 Å². The van der Waals surface area contributed by atoms with Crippen LogP contribution in [0.4, 0.5) is 23.5 Å². The largest absolute Gasteiger partial charge is 0.480 e. The number of hydrogen-bond donors (Lipinski definition) is 3. The number of ether oxygens (including phenoxy) is 1. The number of benzene rings is 2. The minimum absolute atomic E-state index is 0.0968. The first-order valence-corrected chi connectivity index (χ1v) is 11.2. The Labute approximate surface area is 213 Å². The number of carboxylic acids is 1. The summed E-state index contributed by atoms with van der Waals surface area (Å²) in [7, 11) is 0. The molecule has 196 valence electrons. The van der Waals surface area contributed by atoms with Crippen molar-refractivity contribution >= 4 is 11.9 Å². The van der Waals surface area contributed by atoms with Crippen LogP contribution in [0.2, 0.25) is 0 Å². The summed E-state index contributed by atoms with van der Waals surface area (Å²) < 4.78 is 60.3. The van der Waals surface area contributed by atoms with E-state index in [0.29, 0.717) is 22.3 Å². The highest BCUT2D eigenvalue weighted by molar-refractivity contribution is 5.73. The Bertz CT molecular complexity index is 1410. The van der Waals surface area contributed by atoms with Gasteiger partial charge in [0.25, 0.3) is 0 Å². The van der Waals surface area contributed by atoms with Crippen LogP contribution in [0.3, 0.4) is 0 Å². The van der Waals surface area contributed by atoms with Crippen LogP contribution < -0.4 is 16.2 Å². The van der Waals surface area contributed by atoms with E-state index in [1.54, 1.807) is 24.3 Å². The van der Waals surface area contributed by atoms with Crippen molar-refractivity contribution in [3.05, 3.63) is 90.0 Å². The molecule has 8 nitrogen and oxygen atoms in total. The summed E-state index contributed by atoms with van der Waals surface area (Å²) >= 11 is 0. The summed E-state index contributed by atoms with van der Waals surface area (Å²) in [5.74, 6) is -2.49. The van der Waals surface area contributed by atoms with Crippen molar-refractivity contribution in [2.24, 2.45) is 5.73 Å². The van der Waals surface area contributed by atoms with Gasteiger partial charge in [0.1, 0.15) is 6.04 Å². The average molecular weight is 527 g/mol. The van der Waals surface area contributed by atoms with Crippen molar-refractivity contribution in [3.63, 3.8) is 0 Å². The summed E-state index contributed by atoms with van der Waals surface area (Å²) in [5, 5.41) is 8.96. The van der Waals surface area contributed by atoms with Crippen LogP contribution >= 0.6 is 0 Å². The summed E-state index contributed by atoms with van der Waals surface area (Å²) in [6.07, 6.45) is -5.77. The van der Waals surface area contributed by atoms with Gasteiger partial charge in [0.05, 0.1) is 5.69 Å². The zero-order chi connectivity index (χ0) is 27.4. The van der Waals surface area contributed by atoms with Crippen molar-refractivity contribution in [1.82, 2.24) is 15.0 Å². The molecule has 0 spiro atoms. The summed E-state index contributed by atoms with van der Waals surface area (Å²) in [6, 6.07) is 14.7. The average Bonchev–Trinajstić information content (AvgIpc) is 2.87. The maximum Gasteiger partial charge on any atom is 0.429 e. The lowest BCUT2D eigenvalue weighted by Gasteiger charge is -2.22. The number of anilines is 1. The van der Waals surface area contributed by atoms with Crippen LogP contribution in [0, 0.1) is 5.95 Å². The highest BCUT2D eigenvalue weighted by Crippen LogP contribution is 2.38. The molecule has 2 heterocycles. The van der Waals surface area contributed by atoms with E-state index >= 15 is 0 Å². The normalized spacial score (nSPS) is 13.1. The highest BCUT2D eigenvalue weighted by Gasteiger charge is 2.43. The van der Waals surface area contributed by atoms with E-state index in [1.807, 2.05) is 0 Å². The molecule has 2 atom stereocenters. The molecule has 5 N–H and O–H groups in total. The van der Waals surface area contributed by atoms with E-state index in [-0.39, 0.29) is 23.6 Å². The van der Waals surface area contributed by atoms with E-state index < -0.39 is 36.1 Å². The Morgan fingerprint density at radius 3 is 2.16 bits per heavy atom. The minimum atomic E-state index is -4.79. The Balaban J connectivity index is 1.58. The first kappa shape index (κ1) is 26.5. The molecule has 2 aromatic carbocycles. The number of aromatic nitrogens is 3. The molecule has 2 aromatic heterocycles. The molecule has 0 radical (unpaired) electrons. The smallest absolute Gasteiger partial charge is 0.429 e. The fraction of sp³-hybridized carbons (Fsp3) is 0.154. The van der Waals surface area contributed by atoms with Crippen LogP contribution in [0.5, 0.6) is 5.88 Å². The third-order valence-electron chi connectivity index (χ3n) is 5.55. The first-order valence-electron chi connectivity index (χ1n) is 11.2. The van der Waals surface area contributed by atoms with Gasteiger partial charge >= 0.3 is 12.1 Å². The number of hydrogen-bond acceptors (Lipinski definition) is 7. The van der Waals surface area contributed by atoms with Gasteiger partial charge in [0.2, 0.25) is 23.9 Å². The molecule has 38 heavy (non-hydrogen) atoms. The van der Waals surface area contributed by atoms with Crippen LogP contribution in [0.15, 0.2) is 72.9 Å². The third-order valence-corrected chi connectivity index (χ3v) is 5.55. The van der Waals surface area contributed by atoms with Gasteiger partial charge in [-0.1, -0.05) is 48.5 Å². The molecular weight excluding hydrogens is 506 g/mol. The van der Waals surface area contributed by atoms with Crippen molar-refractivity contribution in [3.8, 4) is 28.3 Å². The second-order valence-electron chi connectivity index (χ2n) is 8.33. The van der Waals surface area contributed by atoms with Gasteiger partial charge in [-0.25, -0.2) is 9.97 Å². The van der Waals surface area contributed by atoms with E-state index in [1.165, 1.54) is 42.6 Å². The standard InChI is InChI=1S/C26H21F4N5O3/c27-21-10-9-18(13-33-21)15-5-7-17(8-6-15)23(26(28,29)30)38-22-12-20(34-25(32)35-22)16-3-1-14(2-4-16)11-19(31)24(36)37/h1-10,12-13,19,23H,11,31H2,(H,36,37)(H2,32,34,35)/t19?,23-/m1/s1. The molecule has 1 unspecified atom stereocenters. The molecule has 0 saturated carbocycles. The van der Waals surface area contributed by atoms with E-state index in [9.17, 15) is 22.4 Å². The lowest BCUT2D eigenvalue weighted by molar-refractivity contribution is -0.198.